The Balaban J connectivity index is 0.00000182. The molecule has 1 atom stereocenters. The van der Waals surface area contributed by atoms with Crippen molar-refractivity contribution >= 4 is 12.4 Å². The molecule has 2 aromatic rings. The normalized spacial score (nSPS) is 18.4. The van der Waals surface area contributed by atoms with Crippen LogP contribution >= 0.6 is 12.4 Å². The van der Waals surface area contributed by atoms with Crippen molar-refractivity contribution in [2.24, 2.45) is 0 Å². The predicted molar refractivity (Wildman–Crippen MR) is 97.1 cm³/mol. The van der Waals surface area contributed by atoms with E-state index < -0.39 is 0 Å². The minimum Gasteiger partial charge on any atom is -0.504 e. The summed E-state index contributed by atoms with van der Waals surface area (Å²) in [5, 5.41) is 19.7. The highest BCUT2D eigenvalue weighted by atomic mass is 35.5. The summed E-state index contributed by atoms with van der Waals surface area (Å²) in [6, 6.07) is 7.68. The summed E-state index contributed by atoms with van der Waals surface area (Å²) in [4.78, 5) is 2.41. The smallest absolute Gasteiger partial charge is 0.165 e. The van der Waals surface area contributed by atoms with E-state index >= 15 is 0 Å². The number of methoxy groups -OCH3 is 2. The molecule has 0 spiro atoms. The van der Waals surface area contributed by atoms with Gasteiger partial charge in [-0.25, -0.2) is 0 Å². The Hall–Kier alpha value is -2.11. The molecule has 2 aromatic carbocycles. The van der Waals surface area contributed by atoms with Gasteiger partial charge in [-0.1, -0.05) is 6.07 Å². The number of phenols is 2. The van der Waals surface area contributed by atoms with Crippen LogP contribution in [0.25, 0.3) is 0 Å². The molecular weight excluding hydrogens is 342 g/mol. The Morgan fingerprint density at radius 2 is 1.80 bits per heavy atom. The van der Waals surface area contributed by atoms with Crippen LogP contribution in [0.5, 0.6) is 23.0 Å². The highest BCUT2D eigenvalue weighted by Crippen LogP contribution is 2.45. The maximum Gasteiger partial charge on any atom is 0.165 e. The van der Waals surface area contributed by atoms with E-state index in [1.54, 1.807) is 26.4 Å². The summed E-state index contributed by atoms with van der Waals surface area (Å²) in [5.74, 6) is 1.49. The number of nitrogens with zero attached hydrogens (tertiary/aromatic N) is 1. The van der Waals surface area contributed by atoms with Gasteiger partial charge in [0.25, 0.3) is 0 Å². The van der Waals surface area contributed by atoms with Crippen molar-refractivity contribution < 1.29 is 19.7 Å². The Labute approximate surface area is 153 Å². The third-order valence-electron chi connectivity index (χ3n) is 5.22. The van der Waals surface area contributed by atoms with Crippen LogP contribution < -0.4 is 9.47 Å². The van der Waals surface area contributed by atoms with Crippen molar-refractivity contribution in [3.05, 3.63) is 46.5 Å². The fourth-order valence-electron chi connectivity index (χ4n) is 4.02. The first kappa shape index (κ1) is 17.7. The lowest BCUT2D eigenvalue weighted by Crippen LogP contribution is -2.39. The second kappa shape index (κ2) is 6.65. The number of halogens is 1. The number of hydrogen-bond donors (Lipinski definition) is 2. The zero-order valence-corrected chi connectivity index (χ0v) is 15.1. The molecular formula is C19H22ClNO4. The monoisotopic (exact) mass is 363 g/mol. The van der Waals surface area contributed by atoms with Crippen molar-refractivity contribution in [1.82, 2.24) is 4.90 Å². The molecule has 0 aromatic heterocycles. The first-order valence-corrected chi connectivity index (χ1v) is 8.14. The van der Waals surface area contributed by atoms with E-state index in [-0.39, 0.29) is 29.9 Å². The predicted octanol–water partition coefficient (Wildman–Crippen LogP) is 3.19. The molecule has 6 heteroatoms. The maximum absolute atomic E-state index is 9.91. The average Bonchev–Trinajstić information content (AvgIpc) is 2.60. The van der Waals surface area contributed by atoms with Crippen molar-refractivity contribution in [3.8, 4) is 23.0 Å². The van der Waals surface area contributed by atoms with Gasteiger partial charge in [-0.3, -0.25) is 4.90 Å². The number of fused-ring (bicyclic) bond motifs is 4. The summed E-state index contributed by atoms with van der Waals surface area (Å²) >= 11 is 0. The van der Waals surface area contributed by atoms with Crippen LogP contribution in [0.2, 0.25) is 0 Å². The fraction of sp³-hybridized carbons (Fsp3) is 0.368. The summed E-state index contributed by atoms with van der Waals surface area (Å²) in [7, 11) is 3.33. The van der Waals surface area contributed by atoms with Crippen molar-refractivity contribution in [1.29, 1.82) is 0 Å². The molecule has 0 fully saturated rings. The molecule has 0 amide bonds. The Morgan fingerprint density at radius 1 is 1.04 bits per heavy atom. The van der Waals surface area contributed by atoms with E-state index in [0.29, 0.717) is 0 Å². The Bertz CT molecular complexity index is 808. The van der Waals surface area contributed by atoms with Crippen LogP contribution in [0.3, 0.4) is 0 Å². The molecule has 5 nitrogen and oxygen atoms in total. The average molecular weight is 364 g/mol. The Kier molecular flexibility index (Phi) is 4.71. The van der Waals surface area contributed by atoms with Gasteiger partial charge in [-0.15, -0.1) is 12.4 Å². The third kappa shape index (κ3) is 2.77. The second-order valence-corrected chi connectivity index (χ2v) is 6.42. The topological polar surface area (TPSA) is 62.2 Å². The number of phenolic OH excluding ortho intramolecular Hbond substituents is 2. The van der Waals surface area contributed by atoms with Gasteiger partial charge in [-0.05, 0) is 47.7 Å². The molecule has 0 saturated heterocycles. The van der Waals surface area contributed by atoms with Gasteiger partial charge in [0.05, 0.1) is 14.2 Å². The quantitative estimate of drug-likeness (QED) is 0.802. The summed E-state index contributed by atoms with van der Waals surface area (Å²) < 4.78 is 11.0. The molecule has 0 aliphatic carbocycles. The molecule has 25 heavy (non-hydrogen) atoms. The van der Waals surface area contributed by atoms with Crippen molar-refractivity contribution in [2.45, 2.75) is 25.4 Å². The number of hydrogen-bond acceptors (Lipinski definition) is 5. The van der Waals surface area contributed by atoms with Crippen LogP contribution in [-0.2, 0) is 19.4 Å². The molecule has 2 heterocycles. The SMILES string of the molecule is COc1ccc2c(c1OC)CN1CCc3cc(O)c(O)cc3C1C2.Cl. The number of benzene rings is 2. The van der Waals surface area contributed by atoms with E-state index in [0.717, 1.165) is 48.6 Å². The molecule has 1 unspecified atom stereocenters. The molecule has 2 aliphatic rings. The lowest BCUT2D eigenvalue weighted by molar-refractivity contribution is 0.157. The molecule has 4 rings (SSSR count). The zero-order chi connectivity index (χ0) is 16.8. The van der Waals surface area contributed by atoms with Gasteiger partial charge in [0.2, 0.25) is 0 Å². The molecule has 0 saturated carbocycles. The van der Waals surface area contributed by atoms with Crippen LogP contribution in [-0.4, -0.2) is 35.9 Å². The van der Waals surface area contributed by atoms with Gasteiger partial charge in [0.15, 0.2) is 23.0 Å². The van der Waals surface area contributed by atoms with Gasteiger partial charge < -0.3 is 19.7 Å². The van der Waals surface area contributed by atoms with Crippen molar-refractivity contribution in [3.63, 3.8) is 0 Å². The summed E-state index contributed by atoms with van der Waals surface area (Å²) in [5.41, 5.74) is 4.65. The summed E-state index contributed by atoms with van der Waals surface area (Å²) in [6.45, 7) is 1.71. The van der Waals surface area contributed by atoms with Crippen LogP contribution in [0.1, 0.15) is 28.3 Å². The van der Waals surface area contributed by atoms with Gasteiger partial charge in [0, 0.05) is 24.7 Å². The summed E-state index contributed by atoms with van der Waals surface area (Å²) in [6.07, 6.45) is 1.72. The minimum absolute atomic E-state index is 0. The van der Waals surface area contributed by atoms with Crippen LogP contribution in [0, 0.1) is 0 Å². The third-order valence-corrected chi connectivity index (χ3v) is 5.22. The van der Waals surface area contributed by atoms with Gasteiger partial charge >= 0.3 is 0 Å². The highest BCUT2D eigenvalue weighted by molar-refractivity contribution is 5.85. The van der Waals surface area contributed by atoms with Crippen LogP contribution in [0.15, 0.2) is 24.3 Å². The first-order valence-electron chi connectivity index (χ1n) is 8.14. The molecule has 2 N–H and O–H groups in total. The number of rotatable bonds is 2. The second-order valence-electron chi connectivity index (χ2n) is 6.42. The van der Waals surface area contributed by atoms with Gasteiger partial charge in [-0.2, -0.15) is 0 Å². The standard InChI is InChI=1S/C19H21NO4.ClH/c1-23-18-4-3-11-7-15-13-9-17(22)16(21)8-12(13)5-6-20(15)10-14(11)19(18)24-2;/h3-4,8-9,15,21-22H,5-7,10H2,1-2H3;1H. The lowest BCUT2D eigenvalue weighted by Gasteiger charge is -2.42. The fourth-order valence-corrected chi connectivity index (χ4v) is 4.02. The van der Waals surface area contributed by atoms with E-state index in [1.165, 1.54) is 11.1 Å². The lowest BCUT2D eigenvalue weighted by atomic mass is 9.83. The van der Waals surface area contributed by atoms with Crippen molar-refractivity contribution in [2.75, 3.05) is 20.8 Å². The van der Waals surface area contributed by atoms with E-state index in [1.807, 2.05) is 6.07 Å². The van der Waals surface area contributed by atoms with Crippen LogP contribution in [0.4, 0.5) is 0 Å². The first-order chi connectivity index (χ1) is 11.6. The largest absolute Gasteiger partial charge is 0.504 e. The molecule has 2 aliphatic heterocycles. The highest BCUT2D eigenvalue weighted by Gasteiger charge is 2.34. The molecule has 0 bridgehead atoms. The minimum atomic E-state index is -0.0475. The van der Waals surface area contributed by atoms with E-state index in [2.05, 4.69) is 11.0 Å². The molecule has 134 valence electrons. The number of ether oxygens (including phenoxy) is 2. The van der Waals surface area contributed by atoms with E-state index in [9.17, 15) is 10.2 Å². The Morgan fingerprint density at radius 3 is 2.52 bits per heavy atom. The van der Waals surface area contributed by atoms with Gasteiger partial charge in [0.1, 0.15) is 0 Å². The van der Waals surface area contributed by atoms with E-state index in [4.69, 9.17) is 9.47 Å². The maximum atomic E-state index is 9.91. The number of aromatic hydroxyl groups is 2. The zero-order valence-electron chi connectivity index (χ0n) is 14.3. The molecule has 0 radical (unpaired) electrons.